The summed E-state index contributed by atoms with van der Waals surface area (Å²) in [6.07, 6.45) is 7.00. The smallest absolute Gasteiger partial charge is 0.550 e. The third-order valence-corrected chi connectivity index (χ3v) is 8.76. The van der Waals surface area contributed by atoms with E-state index in [9.17, 15) is 34.2 Å². The molecule has 0 radical (unpaired) electrons. The first-order valence-corrected chi connectivity index (χ1v) is 13.2. The van der Waals surface area contributed by atoms with Gasteiger partial charge in [0.25, 0.3) is 0 Å². The van der Waals surface area contributed by atoms with Crippen molar-refractivity contribution in [1.29, 1.82) is 0 Å². The summed E-state index contributed by atoms with van der Waals surface area (Å²) < 4.78 is 10.8. The molecule has 0 unspecified atom stereocenters. The SMILES string of the molecule is C=C1CC[C@@H]2[C@](C)(CCC(=O)CCC(=O)[O-])[C@H](OC(=O)CCC(=O)[O-])CC[C@@]2(C)[C@@H]1/C=C/C1=CCOC1=O.[K+].[K+]. The number of rotatable bonds is 12. The molecule has 40 heavy (non-hydrogen) atoms. The number of cyclic esters (lactones) is 1. The molecule has 2 aliphatic carbocycles. The minimum Gasteiger partial charge on any atom is -0.550 e. The minimum absolute atomic E-state index is 0. The van der Waals surface area contributed by atoms with Crippen LogP contribution in [-0.4, -0.2) is 42.4 Å². The average molecular weight is 607 g/mol. The van der Waals surface area contributed by atoms with Gasteiger partial charge in [0.2, 0.25) is 0 Å². The van der Waals surface area contributed by atoms with Crippen molar-refractivity contribution >= 4 is 29.7 Å². The molecule has 0 bridgehead atoms. The molecule has 5 atom stereocenters. The zero-order chi connectivity index (χ0) is 28.1. The van der Waals surface area contributed by atoms with E-state index in [-0.39, 0.29) is 164 Å². The maximum Gasteiger partial charge on any atom is 1.00 e. The Morgan fingerprint density at radius 2 is 1.70 bits per heavy atom. The molecule has 11 heteroatoms. The molecule has 0 aromatic heterocycles. The van der Waals surface area contributed by atoms with Crippen molar-refractivity contribution in [3.63, 3.8) is 0 Å². The molecule has 0 saturated heterocycles. The molecule has 2 saturated carbocycles. The fraction of sp³-hybridized carbons (Fsp3) is 0.621. The number of Topliss-reactive ketones (excluding diaryl/α,β-unsaturated/α-hetero) is 1. The summed E-state index contributed by atoms with van der Waals surface area (Å²) in [5.74, 6) is -3.85. The number of carboxylic acids is 2. The van der Waals surface area contributed by atoms with Crippen LogP contribution in [0, 0.1) is 22.7 Å². The molecule has 2 fully saturated rings. The first-order valence-electron chi connectivity index (χ1n) is 13.2. The van der Waals surface area contributed by atoms with Gasteiger partial charge in [-0.3, -0.25) is 9.59 Å². The number of fused-ring (bicyclic) bond motifs is 1. The number of allylic oxidation sites excluding steroid dienone is 2. The number of ether oxygens (including phenoxy) is 2. The molecule has 0 amide bonds. The summed E-state index contributed by atoms with van der Waals surface area (Å²) in [4.78, 5) is 58.7. The summed E-state index contributed by atoms with van der Waals surface area (Å²) in [7, 11) is 0. The van der Waals surface area contributed by atoms with Crippen LogP contribution in [0.2, 0.25) is 0 Å². The Labute approximate surface area is 320 Å². The van der Waals surface area contributed by atoms with Crippen LogP contribution in [0.3, 0.4) is 0 Å². The summed E-state index contributed by atoms with van der Waals surface area (Å²) >= 11 is 0. The van der Waals surface area contributed by atoms with Crippen LogP contribution in [0.25, 0.3) is 0 Å². The fourth-order valence-electron chi connectivity index (χ4n) is 6.70. The molecule has 0 aromatic rings. The average Bonchev–Trinajstić information content (AvgIpc) is 3.26. The monoisotopic (exact) mass is 606 g/mol. The number of carboxylic acid groups (broad SMARTS) is 2. The molecule has 1 heterocycles. The predicted molar refractivity (Wildman–Crippen MR) is 132 cm³/mol. The zero-order valence-corrected chi connectivity index (χ0v) is 30.4. The van der Waals surface area contributed by atoms with Crippen molar-refractivity contribution in [3.05, 3.63) is 36.0 Å². The van der Waals surface area contributed by atoms with E-state index in [1.807, 2.05) is 13.0 Å². The van der Waals surface area contributed by atoms with Gasteiger partial charge < -0.3 is 29.3 Å². The third-order valence-electron chi connectivity index (χ3n) is 8.76. The quantitative estimate of drug-likeness (QED) is 0.122. The second-order valence-corrected chi connectivity index (χ2v) is 11.2. The van der Waals surface area contributed by atoms with Gasteiger partial charge in [-0.25, -0.2) is 4.79 Å². The van der Waals surface area contributed by atoms with Gasteiger partial charge in [0.15, 0.2) is 0 Å². The molecule has 208 valence electrons. The number of hydrogen-bond donors (Lipinski definition) is 0. The van der Waals surface area contributed by atoms with Crippen molar-refractivity contribution in [2.24, 2.45) is 22.7 Å². The molecule has 3 aliphatic rings. The maximum atomic E-state index is 12.5. The van der Waals surface area contributed by atoms with Crippen LogP contribution >= 0.6 is 0 Å². The number of carbonyl (C=O) groups excluding carboxylic acids is 5. The van der Waals surface area contributed by atoms with Gasteiger partial charge in [0.1, 0.15) is 18.5 Å². The van der Waals surface area contributed by atoms with Crippen molar-refractivity contribution in [3.8, 4) is 0 Å². The van der Waals surface area contributed by atoms with E-state index in [2.05, 4.69) is 13.5 Å². The van der Waals surface area contributed by atoms with Gasteiger partial charge in [-0.05, 0) is 62.4 Å². The van der Waals surface area contributed by atoms with Crippen molar-refractivity contribution in [2.75, 3.05) is 6.61 Å². The molecule has 0 N–H and O–H groups in total. The Kier molecular flexibility index (Phi) is 16.0. The zero-order valence-electron chi connectivity index (χ0n) is 24.1. The Bertz CT molecular complexity index is 1070. The Morgan fingerprint density at radius 3 is 2.30 bits per heavy atom. The summed E-state index contributed by atoms with van der Waals surface area (Å²) in [5, 5.41) is 21.6. The molecular formula is C29H36K2O9. The van der Waals surface area contributed by atoms with E-state index in [0.29, 0.717) is 24.8 Å². The molecule has 9 nitrogen and oxygen atoms in total. The van der Waals surface area contributed by atoms with E-state index in [0.717, 1.165) is 18.4 Å². The Hall–Kier alpha value is 0.0427. The van der Waals surface area contributed by atoms with Gasteiger partial charge >= 0.3 is 115 Å². The van der Waals surface area contributed by atoms with Crippen LogP contribution in [-0.2, 0) is 33.4 Å². The molecule has 0 spiro atoms. The summed E-state index contributed by atoms with van der Waals surface area (Å²) in [6, 6.07) is 0. The second-order valence-electron chi connectivity index (χ2n) is 11.2. The molecule has 0 aromatic carbocycles. The van der Waals surface area contributed by atoms with E-state index >= 15 is 0 Å². The first kappa shape index (κ1) is 38.1. The van der Waals surface area contributed by atoms with E-state index < -0.39 is 35.8 Å². The Balaban J connectivity index is 0.00000400. The summed E-state index contributed by atoms with van der Waals surface area (Å²) in [5.41, 5.74) is 0.620. The summed E-state index contributed by atoms with van der Waals surface area (Å²) in [6.45, 7) is 8.74. The topological polar surface area (TPSA) is 150 Å². The van der Waals surface area contributed by atoms with Crippen LogP contribution < -0.4 is 113 Å². The van der Waals surface area contributed by atoms with Gasteiger partial charge in [-0.15, -0.1) is 0 Å². The maximum absolute atomic E-state index is 12.5. The van der Waals surface area contributed by atoms with E-state index in [1.54, 1.807) is 12.2 Å². The molecule has 1 aliphatic heterocycles. The van der Waals surface area contributed by atoms with Gasteiger partial charge in [-0.1, -0.05) is 38.2 Å². The van der Waals surface area contributed by atoms with Crippen LogP contribution in [0.15, 0.2) is 36.0 Å². The minimum atomic E-state index is -1.33. The first-order chi connectivity index (χ1) is 17.9. The number of aliphatic carboxylic acids is 2. The van der Waals surface area contributed by atoms with E-state index in [1.165, 1.54) is 0 Å². The second kappa shape index (κ2) is 16.8. The van der Waals surface area contributed by atoms with Crippen molar-refractivity contribution < 1.29 is 146 Å². The largest absolute Gasteiger partial charge is 1.00 e. The number of hydrogen-bond acceptors (Lipinski definition) is 9. The standard InChI is InChI=1S/C29H38O9.2K/c1-18-4-8-22-28(2,21(18)7-5-19-14-17-37-27(19)36)16-13-23(38-26(35)11-10-25(33)34)29(22,3)15-12-20(30)6-9-24(31)32;;/h5,7,14,21-23H,1,4,6,8-13,15-17H2,2-3H3,(H,31,32)(H,33,34);;/q;2*+1/p-2/b7-5+;;/t21-,22+,23-,28+,29+;;/m1../s1. The third kappa shape index (κ3) is 9.52. The van der Waals surface area contributed by atoms with Crippen molar-refractivity contribution in [1.82, 2.24) is 0 Å². The van der Waals surface area contributed by atoms with Gasteiger partial charge in [-0.2, -0.15) is 0 Å². The van der Waals surface area contributed by atoms with Gasteiger partial charge in [0, 0.05) is 36.1 Å². The normalized spacial score (nSPS) is 29.4. The Morgan fingerprint density at radius 1 is 1.05 bits per heavy atom. The van der Waals surface area contributed by atoms with Crippen LogP contribution in [0.5, 0.6) is 0 Å². The number of ketones is 1. The van der Waals surface area contributed by atoms with Crippen LogP contribution in [0.4, 0.5) is 0 Å². The van der Waals surface area contributed by atoms with Crippen molar-refractivity contribution in [2.45, 2.75) is 84.2 Å². The number of esters is 2. The van der Waals surface area contributed by atoms with E-state index in [4.69, 9.17) is 9.47 Å². The van der Waals surface area contributed by atoms with Gasteiger partial charge in [0.05, 0.1) is 12.0 Å². The molecule has 3 rings (SSSR count). The molecular weight excluding hydrogens is 571 g/mol. The predicted octanol–water partition coefficient (Wildman–Crippen LogP) is -4.26. The van der Waals surface area contributed by atoms with Crippen LogP contribution in [0.1, 0.15) is 78.1 Å². The number of carbonyl (C=O) groups is 5. The fourth-order valence-corrected chi connectivity index (χ4v) is 6.70.